The Morgan fingerprint density at radius 2 is 2.00 bits per heavy atom. The first-order chi connectivity index (χ1) is 10.9. The van der Waals surface area contributed by atoms with Crippen molar-refractivity contribution in [2.45, 2.75) is 33.4 Å². The highest BCUT2D eigenvalue weighted by molar-refractivity contribution is 5.74. The molecule has 0 radical (unpaired) electrons. The Hall–Kier alpha value is -2.43. The van der Waals surface area contributed by atoms with Crippen LogP contribution < -0.4 is 10.1 Å². The molecule has 2 amide bonds. The molecule has 0 bridgehead atoms. The lowest BCUT2D eigenvalue weighted by molar-refractivity contribution is 0.202. The largest absolute Gasteiger partial charge is 0.496 e. The summed E-state index contributed by atoms with van der Waals surface area (Å²) in [5.41, 5.74) is 3.21. The van der Waals surface area contributed by atoms with Gasteiger partial charge in [-0.05, 0) is 49.6 Å². The lowest BCUT2D eigenvalue weighted by atomic mass is 10.1. The summed E-state index contributed by atoms with van der Waals surface area (Å²) in [6, 6.07) is 7.45. The zero-order valence-electron chi connectivity index (χ0n) is 14.3. The zero-order valence-corrected chi connectivity index (χ0v) is 14.3. The third-order valence-corrected chi connectivity index (χ3v) is 3.80. The van der Waals surface area contributed by atoms with Crippen LogP contribution in [0.5, 0.6) is 5.75 Å². The molecule has 0 saturated carbocycles. The van der Waals surface area contributed by atoms with Crippen molar-refractivity contribution >= 4 is 6.03 Å². The fraction of sp³-hybridized carbons (Fsp3) is 0.389. The Morgan fingerprint density at radius 1 is 1.35 bits per heavy atom. The van der Waals surface area contributed by atoms with E-state index in [9.17, 15) is 4.79 Å². The van der Waals surface area contributed by atoms with Crippen LogP contribution in [0.4, 0.5) is 4.79 Å². The molecule has 0 saturated heterocycles. The molecule has 1 heterocycles. The number of amides is 2. The van der Waals surface area contributed by atoms with E-state index in [0.717, 1.165) is 28.2 Å². The number of nitrogens with zero attached hydrogens (tertiary/aromatic N) is 1. The number of urea groups is 1. The average Bonchev–Trinajstić information content (AvgIpc) is 3.01. The van der Waals surface area contributed by atoms with Gasteiger partial charge in [0.15, 0.2) is 0 Å². The molecule has 1 aromatic heterocycles. The van der Waals surface area contributed by atoms with Crippen molar-refractivity contribution in [3.8, 4) is 5.75 Å². The number of benzene rings is 1. The molecule has 1 atom stereocenters. The Morgan fingerprint density at radius 3 is 2.52 bits per heavy atom. The number of hydrogen-bond acceptors (Lipinski definition) is 3. The van der Waals surface area contributed by atoms with Crippen LogP contribution in [0.1, 0.15) is 35.4 Å². The van der Waals surface area contributed by atoms with Crippen molar-refractivity contribution in [1.29, 1.82) is 0 Å². The predicted octanol–water partition coefficient (Wildman–Crippen LogP) is 3.81. The van der Waals surface area contributed by atoms with E-state index in [2.05, 4.69) is 5.32 Å². The second kappa shape index (κ2) is 7.22. The minimum Gasteiger partial charge on any atom is -0.496 e. The van der Waals surface area contributed by atoms with Gasteiger partial charge in [0, 0.05) is 13.6 Å². The van der Waals surface area contributed by atoms with E-state index in [1.807, 2.05) is 45.0 Å². The van der Waals surface area contributed by atoms with Crippen LogP contribution in [0.25, 0.3) is 0 Å². The fourth-order valence-electron chi connectivity index (χ4n) is 2.70. The van der Waals surface area contributed by atoms with Crippen LogP contribution in [0, 0.1) is 13.8 Å². The average molecular weight is 316 g/mol. The first-order valence-corrected chi connectivity index (χ1v) is 7.61. The molecule has 5 heteroatoms. The van der Waals surface area contributed by atoms with Gasteiger partial charge in [0.1, 0.15) is 11.5 Å². The molecular weight excluding hydrogens is 292 g/mol. The zero-order chi connectivity index (χ0) is 17.0. The topological polar surface area (TPSA) is 54.7 Å². The third-order valence-electron chi connectivity index (χ3n) is 3.80. The maximum atomic E-state index is 12.3. The van der Waals surface area contributed by atoms with Gasteiger partial charge in [-0.25, -0.2) is 4.79 Å². The molecule has 5 nitrogen and oxygen atoms in total. The highest BCUT2D eigenvalue weighted by atomic mass is 16.5. The maximum Gasteiger partial charge on any atom is 0.318 e. The number of carbonyl (C=O) groups is 1. The highest BCUT2D eigenvalue weighted by Gasteiger charge is 2.16. The maximum absolute atomic E-state index is 12.3. The van der Waals surface area contributed by atoms with E-state index in [-0.39, 0.29) is 12.1 Å². The van der Waals surface area contributed by atoms with Crippen molar-refractivity contribution in [1.82, 2.24) is 10.2 Å². The number of aryl methyl sites for hydroxylation is 2. The van der Waals surface area contributed by atoms with Crippen LogP contribution in [0.15, 0.2) is 34.9 Å². The number of carbonyl (C=O) groups excluding carboxylic acids is 1. The van der Waals surface area contributed by atoms with Gasteiger partial charge >= 0.3 is 6.03 Å². The number of methoxy groups -OCH3 is 1. The molecule has 23 heavy (non-hydrogen) atoms. The quantitative estimate of drug-likeness (QED) is 0.912. The molecule has 1 unspecified atom stereocenters. The van der Waals surface area contributed by atoms with Crippen LogP contribution in [0.2, 0.25) is 0 Å². The first kappa shape index (κ1) is 16.9. The predicted molar refractivity (Wildman–Crippen MR) is 89.6 cm³/mol. The fourth-order valence-corrected chi connectivity index (χ4v) is 2.70. The molecule has 1 aromatic carbocycles. The van der Waals surface area contributed by atoms with E-state index in [4.69, 9.17) is 9.15 Å². The Labute approximate surface area is 137 Å². The lowest BCUT2D eigenvalue weighted by Gasteiger charge is -2.21. The van der Waals surface area contributed by atoms with Gasteiger partial charge < -0.3 is 19.4 Å². The van der Waals surface area contributed by atoms with Gasteiger partial charge in [-0.2, -0.15) is 0 Å². The number of rotatable bonds is 5. The Kier molecular flexibility index (Phi) is 5.32. The number of hydrogen-bond donors (Lipinski definition) is 1. The summed E-state index contributed by atoms with van der Waals surface area (Å²) in [4.78, 5) is 13.9. The Balaban J connectivity index is 2.01. The number of ether oxygens (including phenoxy) is 1. The van der Waals surface area contributed by atoms with Gasteiger partial charge in [0.2, 0.25) is 0 Å². The summed E-state index contributed by atoms with van der Waals surface area (Å²) in [6.45, 7) is 6.44. The highest BCUT2D eigenvalue weighted by Crippen LogP contribution is 2.24. The third kappa shape index (κ3) is 4.06. The molecule has 2 rings (SSSR count). The SMILES string of the molecule is COc1c(C)cc(CN(C)C(=O)NC(C)c2ccco2)cc1C. The summed E-state index contributed by atoms with van der Waals surface area (Å²) in [5.74, 6) is 1.63. The van der Waals surface area contributed by atoms with E-state index in [0.29, 0.717) is 6.54 Å². The summed E-state index contributed by atoms with van der Waals surface area (Å²) in [7, 11) is 3.45. The van der Waals surface area contributed by atoms with Crippen LogP contribution in [0.3, 0.4) is 0 Å². The minimum absolute atomic E-state index is 0.139. The molecule has 2 aromatic rings. The normalized spacial score (nSPS) is 11.9. The summed E-state index contributed by atoms with van der Waals surface area (Å²) in [6.07, 6.45) is 1.60. The first-order valence-electron chi connectivity index (χ1n) is 7.61. The molecule has 0 aliphatic carbocycles. The van der Waals surface area contributed by atoms with Crippen molar-refractivity contribution in [3.05, 3.63) is 53.0 Å². The summed E-state index contributed by atoms with van der Waals surface area (Å²) < 4.78 is 10.7. The second-order valence-corrected chi connectivity index (χ2v) is 5.81. The second-order valence-electron chi connectivity index (χ2n) is 5.81. The monoisotopic (exact) mass is 316 g/mol. The van der Waals surface area contributed by atoms with Crippen molar-refractivity contribution in [3.63, 3.8) is 0 Å². The molecular formula is C18H24N2O3. The Bertz CT molecular complexity index is 642. The van der Waals surface area contributed by atoms with Crippen molar-refractivity contribution < 1.29 is 13.9 Å². The van der Waals surface area contributed by atoms with Gasteiger partial charge in [-0.1, -0.05) is 12.1 Å². The van der Waals surface area contributed by atoms with E-state index < -0.39 is 0 Å². The van der Waals surface area contributed by atoms with E-state index in [1.54, 1.807) is 25.3 Å². The number of nitrogens with one attached hydrogen (secondary N) is 1. The standard InChI is InChI=1S/C18H24N2O3/c1-12-9-15(10-13(2)17(12)22-5)11-20(4)18(21)19-14(3)16-7-6-8-23-16/h6-10,14H,11H2,1-5H3,(H,19,21). The molecule has 0 aliphatic rings. The smallest absolute Gasteiger partial charge is 0.318 e. The van der Waals surface area contributed by atoms with Crippen molar-refractivity contribution in [2.75, 3.05) is 14.2 Å². The molecule has 1 N–H and O–H groups in total. The van der Waals surface area contributed by atoms with Gasteiger partial charge in [-0.15, -0.1) is 0 Å². The summed E-state index contributed by atoms with van der Waals surface area (Å²) >= 11 is 0. The van der Waals surface area contributed by atoms with Crippen LogP contribution in [-0.2, 0) is 6.54 Å². The number of furan rings is 1. The lowest BCUT2D eigenvalue weighted by Crippen LogP contribution is -2.38. The van der Waals surface area contributed by atoms with E-state index in [1.165, 1.54) is 0 Å². The molecule has 0 aliphatic heterocycles. The van der Waals surface area contributed by atoms with E-state index >= 15 is 0 Å². The van der Waals surface area contributed by atoms with Gasteiger partial charge in [-0.3, -0.25) is 0 Å². The minimum atomic E-state index is -0.167. The van der Waals surface area contributed by atoms with Crippen molar-refractivity contribution in [2.24, 2.45) is 0 Å². The summed E-state index contributed by atoms with van der Waals surface area (Å²) in [5, 5.41) is 2.92. The van der Waals surface area contributed by atoms with Crippen LogP contribution in [-0.4, -0.2) is 25.1 Å². The molecule has 0 spiro atoms. The molecule has 0 fully saturated rings. The molecule has 124 valence electrons. The van der Waals surface area contributed by atoms with Gasteiger partial charge in [0.05, 0.1) is 19.4 Å². The van der Waals surface area contributed by atoms with Crippen LogP contribution >= 0.6 is 0 Å². The van der Waals surface area contributed by atoms with Gasteiger partial charge in [0.25, 0.3) is 0 Å².